The molecule has 2 saturated heterocycles. The van der Waals surface area contributed by atoms with E-state index in [0.717, 1.165) is 61.9 Å². The number of imidazole rings is 1. The van der Waals surface area contributed by atoms with Crippen molar-refractivity contribution in [3.05, 3.63) is 34.2 Å². The number of aromatic nitrogens is 2. The highest BCUT2D eigenvalue weighted by atomic mass is 16.2. The Labute approximate surface area is 177 Å². The number of piperazine rings is 1. The summed E-state index contributed by atoms with van der Waals surface area (Å²) in [6.45, 7) is 2.59. The van der Waals surface area contributed by atoms with Crippen LogP contribution >= 0.6 is 0 Å². The first-order valence-corrected chi connectivity index (χ1v) is 12.0. The van der Waals surface area contributed by atoms with Gasteiger partial charge in [-0.25, -0.2) is 4.79 Å². The number of rotatable bonds is 4. The van der Waals surface area contributed by atoms with Gasteiger partial charge in [0.15, 0.2) is 0 Å². The lowest BCUT2D eigenvalue weighted by atomic mass is 9.95. The van der Waals surface area contributed by atoms with Gasteiger partial charge in [-0.05, 0) is 62.6 Å². The van der Waals surface area contributed by atoms with Crippen molar-refractivity contribution in [2.45, 2.75) is 82.5 Å². The van der Waals surface area contributed by atoms with Crippen molar-refractivity contribution in [2.75, 3.05) is 13.1 Å². The third kappa shape index (κ3) is 3.03. The fraction of sp³-hybridized carbons (Fsp3) is 0.667. The van der Waals surface area contributed by atoms with Crippen molar-refractivity contribution in [2.24, 2.45) is 5.92 Å². The van der Waals surface area contributed by atoms with Crippen LogP contribution in [0, 0.1) is 5.92 Å². The van der Waals surface area contributed by atoms with Gasteiger partial charge in [-0.15, -0.1) is 0 Å². The molecule has 4 aliphatic rings. The van der Waals surface area contributed by atoms with Crippen LogP contribution in [0.1, 0.15) is 74.2 Å². The van der Waals surface area contributed by atoms with Gasteiger partial charge in [-0.2, -0.15) is 0 Å². The van der Waals surface area contributed by atoms with Crippen molar-refractivity contribution in [3.8, 4) is 0 Å². The van der Waals surface area contributed by atoms with E-state index in [1.165, 1.54) is 32.1 Å². The number of hydrogen-bond donors (Lipinski definition) is 1. The van der Waals surface area contributed by atoms with Crippen molar-refractivity contribution >= 4 is 16.9 Å². The molecule has 3 heterocycles. The maximum Gasteiger partial charge on any atom is 0.329 e. The van der Waals surface area contributed by atoms with Crippen LogP contribution in [-0.2, 0) is 6.54 Å². The average Bonchev–Trinajstić information content (AvgIpc) is 3.51. The Bertz CT molecular complexity index is 1010. The van der Waals surface area contributed by atoms with Crippen LogP contribution in [0.4, 0.5) is 0 Å². The third-order valence-electron chi connectivity index (χ3n) is 7.90. The second-order valence-corrected chi connectivity index (χ2v) is 9.96. The molecule has 30 heavy (non-hydrogen) atoms. The normalized spacial score (nSPS) is 27.1. The lowest BCUT2D eigenvalue weighted by molar-refractivity contribution is 0.0619. The standard InChI is InChI=1S/C24H32N4O2/c29-23(27-19-9-10-20(27)14-25-13-19)17-8-11-21-22(12-17)26(15-16-6-7-16)24(30)28(21)18-4-2-1-3-5-18/h8,11-12,16,18-20,25H,1-7,9-10,13-15H2/t19-,20+. The van der Waals surface area contributed by atoms with E-state index in [4.69, 9.17) is 0 Å². The molecular formula is C24H32N4O2. The zero-order valence-corrected chi connectivity index (χ0v) is 17.7. The molecule has 160 valence electrons. The number of fused-ring (bicyclic) bond motifs is 3. The molecule has 2 bridgehead atoms. The minimum atomic E-state index is 0.135. The van der Waals surface area contributed by atoms with Crippen LogP contribution in [0.25, 0.3) is 11.0 Å². The van der Waals surface area contributed by atoms with E-state index in [1.807, 2.05) is 22.8 Å². The first kappa shape index (κ1) is 18.7. The van der Waals surface area contributed by atoms with Gasteiger partial charge >= 0.3 is 5.69 Å². The predicted octanol–water partition coefficient (Wildman–Crippen LogP) is 3.29. The molecule has 6 heteroatoms. The van der Waals surface area contributed by atoms with Gasteiger partial charge in [-0.1, -0.05) is 19.3 Å². The molecule has 1 amide bonds. The number of amides is 1. The zero-order chi connectivity index (χ0) is 20.2. The van der Waals surface area contributed by atoms with E-state index in [-0.39, 0.29) is 11.6 Å². The Morgan fingerprint density at radius 1 is 0.900 bits per heavy atom. The summed E-state index contributed by atoms with van der Waals surface area (Å²) in [7, 11) is 0. The first-order valence-electron chi connectivity index (χ1n) is 12.0. The highest BCUT2D eigenvalue weighted by Crippen LogP contribution is 2.34. The number of carbonyl (C=O) groups is 1. The fourth-order valence-corrected chi connectivity index (χ4v) is 6.10. The summed E-state index contributed by atoms with van der Waals surface area (Å²) in [4.78, 5) is 29.0. The molecule has 0 spiro atoms. The molecule has 6 rings (SSSR count). The third-order valence-corrected chi connectivity index (χ3v) is 7.90. The topological polar surface area (TPSA) is 59.3 Å². The minimum Gasteiger partial charge on any atom is -0.330 e. The molecule has 4 fully saturated rings. The number of benzene rings is 1. The summed E-state index contributed by atoms with van der Waals surface area (Å²) in [6.07, 6.45) is 10.5. The van der Waals surface area contributed by atoms with Gasteiger partial charge in [0.2, 0.25) is 0 Å². The summed E-state index contributed by atoms with van der Waals surface area (Å²) < 4.78 is 4.03. The van der Waals surface area contributed by atoms with Gasteiger partial charge in [0.1, 0.15) is 0 Å². The van der Waals surface area contributed by atoms with E-state index >= 15 is 0 Å². The van der Waals surface area contributed by atoms with Crippen molar-refractivity contribution in [1.29, 1.82) is 0 Å². The second-order valence-electron chi connectivity index (χ2n) is 9.96. The van der Waals surface area contributed by atoms with Crippen molar-refractivity contribution in [3.63, 3.8) is 0 Å². The number of nitrogens with zero attached hydrogens (tertiary/aromatic N) is 3. The smallest absolute Gasteiger partial charge is 0.329 e. The molecule has 1 aromatic heterocycles. The number of carbonyl (C=O) groups excluding carboxylic acids is 1. The molecule has 2 atom stereocenters. The number of nitrogens with one attached hydrogen (secondary N) is 1. The van der Waals surface area contributed by atoms with E-state index in [9.17, 15) is 9.59 Å². The lowest BCUT2D eigenvalue weighted by Crippen LogP contribution is -2.54. The van der Waals surface area contributed by atoms with Crippen LogP contribution in [0.2, 0.25) is 0 Å². The average molecular weight is 409 g/mol. The monoisotopic (exact) mass is 408 g/mol. The van der Waals surface area contributed by atoms with Gasteiger partial charge in [0.25, 0.3) is 5.91 Å². The van der Waals surface area contributed by atoms with Gasteiger partial charge in [-0.3, -0.25) is 13.9 Å². The van der Waals surface area contributed by atoms with E-state index < -0.39 is 0 Å². The van der Waals surface area contributed by atoms with Crippen LogP contribution in [0.15, 0.2) is 23.0 Å². The second kappa shape index (κ2) is 7.26. The lowest BCUT2D eigenvalue weighted by Gasteiger charge is -2.35. The molecule has 0 unspecified atom stereocenters. The quantitative estimate of drug-likeness (QED) is 0.845. The maximum absolute atomic E-state index is 13.5. The van der Waals surface area contributed by atoms with E-state index in [2.05, 4.69) is 14.8 Å². The largest absolute Gasteiger partial charge is 0.330 e. The Hall–Kier alpha value is -2.08. The first-order chi connectivity index (χ1) is 14.7. The summed E-state index contributed by atoms with van der Waals surface area (Å²) in [5, 5.41) is 3.45. The Balaban J connectivity index is 1.42. The summed E-state index contributed by atoms with van der Waals surface area (Å²) >= 11 is 0. The van der Waals surface area contributed by atoms with Crippen LogP contribution in [0.5, 0.6) is 0 Å². The molecule has 6 nitrogen and oxygen atoms in total. The van der Waals surface area contributed by atoms with Gasteiger partial charge in [0, 0.05) is 43.3 Å². The van der Waals surface area contributed by atoms with Crippen LogP contribution in [-0.4, -0.2) is 45.1 Å². The number of hydrogen-bond acceptors (Lipinski definition) is 3. The predicted molar refractivity (Wildman–Crippen MR) is 117 cm³/mol. The summed E-state index contributed by atoms with van der Waals surface area (Å²) in [6, 6.07) is 6.96. The summed E-state index contributed by atoms with van der Waals surface area (Å²) in [5.41, 5.74) is 2.86. The van der Waals surface area contributed by atoms with Crippen LogP contribution in [0.3, 0.4) is 0 Å². The highest BCUT2D eigenvalue weighted by molar-refractivity contribution is 5.98. The molecule has 2 saturated carbocycles. The van der Waals surface area contributed by atoms with Gasteiger partial charge < -0.3 is 10.2 Å². The summed E-state index contributed by atoms with van der Waals surface area (Å²) in [5.74, 6) is 0.762. The van der Waals surface area contributed by atoms with E-state index in [0.29, 0.717) is 24.0 Å². The Morgan fingerprint density at radius 2 is 1.63 bits per heavy atom. The molecular weight excluding hydrogens is 376 g/mol. The molecule has 1 N–H and O–H groups in total. The highest BCUT2D eigenvalue weighted by Gasteiger charge is 2.40. The van der Waals surface area contributed by atoms with Crippen molar-refractivity contribution in [1.82, 2.24) is 19.4 Å². The van der Waals surface area contributed by atoms with Crippen molar-refractivity contribution < 1.29 is 4.79 Å². The Kier molecular flexibility index (Phi) is 4.52. The molecule has 2 aromatic rings. The molecule has 2 aliphatic carbocycles. The van der Waals surface area contributed by atoms with Crippen LogP contribution < -0.4 is 11.0 Å². The van der Waals surface area contributed by atoms with E-state index in [1.54, 1.807) is 0 Å². The molecule has 2 aliphatic heterocycles. The molecule has 0 radical (unpaired) electrons. The van der Waals surface area contributed by atoms with Gasteiger partial charge in [0.05, 0.1) is 11.0 Å². The Morgan fingerprint density at radius 3 is 2.33 bits per heavy atom. The zero-order valence-electron chi connectivity index (χ0n) is 17.7. The fourth-order valence-electron chi connectivity index (χ4n) is 6.10. The SMILES string of the molecule is O=C(c1ccc2c(c1)n(CC1CC1)c(=O)n2C1CCCCC1)N1[C@@H]2CC[C@H]1CNC2. The minimum absolute atomic E-state index is 0.135. The maximum atomic E-state index is 13.5. The molecule has 1 aromatic carbocycles.